The van der Waals surface area contributed by atoms with E-state index < -0.39 is 18.1 Å². The predicted octanol–water partition coefficient (Wildman–Crippen LogP) is 2.10. The minimum absolute atomic E-state index is 0.0636. The Morgan fingerprint density at radius 2 is 2.20 bits per heavy atom. The van der Waals surface area contributed by atoms with Gasteiger partial charge in [0, 0.05) is 6.04 Å². The average Bonchev–Trinajstić information content (AvgIpc) is 2.45. The molecular formula is C15H22FNO3. The molecule has 0 saturated carbocycles. The number of carbonyl (C=O) groups excluding carboxylic acids is 1. The quantitative estimate of drug-likeness (QED) is 0.752. The van der Waals surface area contributed by atoms with Gasteiger partial charge in [-0.15, -0.1) is 0 Å². The molecule has 0 aliphatic carbocycles. The number of esters is 1. The third kappa shape index (κ3) is 4.58. The molecule has 5 heteroatoms. The molecule has 0 saturated heterocycles. The van der Waals surface area contributed by atoms with Crippen LogP contribution in [0.1, 0.15) is 37.0 Å². The maximum absolute atomic E-state index is 13.3. The van der Waals surface area contributed by atoms with Gasteiger partial charge >= 0.3 is 5.97 Å². The smallest absolute Gasteiger partial charge is 0.307 e. The Labute approximate surface area is 119 Å². The molecular weight excluding hydrogens is 261 g/mol. The van der Waals surface area contributed by atoms with Gasteiger partial charge in [-0.3, -0.25) is 4.79 Å². The fraction of sp³-hybridized carbons (Fsp3) is 0.533. The van der Waals surface area contributed by atoms with Crippen LogP contribution < -0.4 is 5.32 Å². The summed E-state index contributed by atoms with van der Waals surface area (Å²) in [5.41, 5.74) is 1.05. The minimum atomic E-state index is -0.889. The van der Waals surface area contributed by atoms with E-state index in [9.17, 15) is 14.3 Å². The van der Waals surface area contributed by atoms with Crippen molar-refractivity contribution >= 4 is 5.97 Å². The molecule has 0 aromatic heterocycles. The van der Waals surface area contributed by atoms with Crippen molar-refractivity contribution in [1.82, 2.24) is 5.32 Å². The van der Waals surface area contributed by atoms with Crippen molar-refractivity contribution in [1.29, 1.82) is 0 Å². The highest BCUT2D eigenvalue weighted by Gasteiger charge is 2.24. The average molecular weight is 283 g/mol. The molecule has 1 aromatic carbocycles. The molecule has 2 N–H and O–H groups in total. The van der Waals surface area contributed by atoms with Gasteiger partial charge in [-0.2, -0.15) is 0 Å². The van der Waals surface area contributed by atoms with Gasteiger partial charge in [0.05, 0.1) is 19.6 Å². The Morgan fingerprint density at radius 3 is 2.75 bits per heavy atom. The van der Waals surface area contributed by atoms with Gasteiger partial charge in [0.15, 0.2) is 0 Å². The van der Waals surface area contributed by atoms with Gasteiger partial charge in [-0.05, 0) is 37.1 Å². The number of carbonyl (C=O) groups is 1. The molecule has 1 rings (SSSR count). The van der Waals surface area contributed by atoms with E-state index in [-0.39, 0.29) is 12.2 Å². The highest BCUT2D eigenvalue weighted by molar-refractivity contribution is 5.70. The largest absolute Gasteiger partial charge is 0.469 e. The van der Waals surface area contributed by atoms with E-state index in [4.69, 9.17) is 0 Å². The summed E-state index contributed by atoms with van der Waals surface area (Å²) in [6.07, 6.45) is 0.0564. The molecule has 0 aliphatic heterocycles. The van der Waals surface area contributed by atoms with Crippen LogP contribution in [0.4, 0.5) is 4.39 Å². The van der Waals surface area contributed by atoms with Gasteiger partial charge in [0.1, 0.15) is 5.82 Å². The summed E-state index contributed by atoms with van der Waals surface area (Å²) >= 11 is 0. The maximum Gasteiger partial charge on any atom is 0.307 e. The van der Waals surface area contributed by atoms with E-state index in [0.717, 1.165) is 6.42 Å². The molecule has 4 nitrogen and oxygen atoms in total. The monoisotopic (exact) mass is 283 g/mol. The summed E-state index contributed by atoms with van der Waals surface area (Å²) in [6.45, 7) is 4.32. The number of nitrogens with one attached hydrogen (secondary N) is 1. The van der Waals surface area contributed by atoms with Crippen molar-refractivity contribution in [3.05, 3.63) is 35.1 Å². The maximum atomic E-state index is 13.3. The normalized spacial score (nSPS) is 13.8. The Bertz CT molecular complexity index is 451. The first kappa shape index (κ1) is 16.6. The van der Waals surface area contributed by atoms with Gasteiger partial charge in [-0.25, -0.2) is 4.39 Å². The van der Waals surface area contributed by atoms with Crippen LogP contribution in [0.15, 0.2) is 18.2 Å². The third-order valence-electron chi connectivity index (χ3n) is 3.18. The molecule has 0 heterocycles. The summed E-state index contributed by atoms with van der Waals surface area (Å²) in [5.74, 6) is -0.705. The van der Waals surface area contributed by atoms with Crippen molar-refractivity contribution in [2.45, 2.75) is 38.8 Å². The van der Waals surface area contributed by atoms with Crippen LogP contribution in [-0.4, -0.2) is 30.8 Å². The standard InChI is InChI=1S/C15H22FNO3/c1-4-7-17-13(9-14(18)20-3)15(19)11-5-6-12(16)10(2)8-11/h5-6,8,13,15,17,19H,4,7,9H2,1-3H3. The van der Waals surface area contributed by atoms with Crippen molar-refractivity contribution < 1.29 is 19.0 Å². The fourth-order valence-electron chi connectivity index (χ4n) is 1.97. The summed E-state index contributed by atoms with van der Waals surface area (Å²) in [7, 11) is 1.31. The minimum Gasteiger partial charge on any atom is -0.469 e. The molecule has 112 valence electrons. The first-order valence-electron chi connectivity index (χ1n) is 6.73. The van der Waals surface area contributed by atoms with Gasteiger partial charge < -0.3 is 15.2 Å². The highest BCUT2D eigenvalue weighted by Crippen LogP contribution is 2.21. The molecule has 0 bridgehead atoms. The van der Waals surface area contributed by atoms with E-state index >= 15 is 0 Å². The third-order valence-corrected chi connectivity index (χ3v) is 3.18. The Hall–Kier alpha value is -1.46. The SMILES string of the molecule is CCCNC(CC(=O)OC)C(O)c1ccc(F)c(C)c1. The predicted molar refractivity (Wildman–Crippen MR) is 74.8 cm³/mol. The molecule has 0 radical (unpaired) electrons. The van der Waals surface area contributed by atoms with Gasteiger partial charge in [0.2, 0.25) is 0 Å². The Morgan fingerprint density at radius 1 is 1.50 bits per heavy atom. The first-order chi connectivity index (χ1) is 9.49. The second-order valence-corrected chi connectivity index (χ2v) is 4.79. The Kier molecular flexibility index (Phi) is 6.61. The fourth-order valence-corrected chi connectivity index (χ4v) is 1.97. The van der Waals surface area contributed by atoms with E-state index in [1.54, 1.807) is 13.0 Å². The number of halogens is 1. The van der Waals surface area contributed by atoms with E-state index in [0.29, 0.717) is 17.7 Å². The zero-order valence-corrected chi connectivity index (χ0v) is 12.1. The Balaban J connectivity index is 2.86. The van der Waals surface area contributed by atoms with Crippen molar-refractivity contribution in [2.24, 2.45) is 0 Å². The van der Waals surface area contributed by atoms with Crippen LogP contribution >= 0.6 is 0 Å². The van der Waals surface area contributed by atoms with Crippen molar-refractivity contribution in [3.8, 4) is 0 Å². The molecule has 0 amide bonds. The topological polar surface area (TPSA) is 58.6 Å². The number of hydrogen-bond acceptors (Lipinski definition) is 4. The first-order valence-corrected chi connectivity index (χ1v) is 6.73. The lowest BCUT2D eigenvalue weighted by Gasteiger charge is -2.24. The van der Waals surface area contributed by atoms with Crippen molar-refractivity contribution in [2.75, 3.05) is 13.7 Å². The number of ether oxygens (including phenoxy) is 1. The van der Waals surface area contributed by atoms with E-state index in [2.05, 4.69) is 10.1 Å². The van der Waals surface area contributed by atoms with Crippen LogP contribution in [-0.2, 0) is 9.53 Å². The molecule has 20 heavy (non-hydrogen) atoms. The number of aliphatic hydroxyl groups excluding tert-OH is 1. The second kappa shape index (κ2) is 7.97. The molecule has 1 aromatic rings. The van der Waals surface area contributed by atoms with Crippen LogP contribution in [0, 0.1) is 12.7 Å². The molecule has 0 spiro atoms. The lowest BCUT2D eigenvalue weighted by atomic mass is 9.98. The lowest BCUT2D eigenvalue weighted by Crippen LogP contribution is -2.37. The molecule has 2 unspecified atom stereocenters. The van der Waals surface area contributed by atoms with E-state index in [1.165, 1.54) is 19.2 Å². The van der Waals surface area contributed by atoms with Crippen LogP contribution in [0.25, 0.3) is 0 Å². The number of methoxy groups -OCH3 is 1. The summed E-state index contributed by atoms with van der Waals surface area (Å²) in [6, 6.07) is 4.00. The number of benzene rings is 1. The highest BCUT2D eigenvalue weighted by atomic mass is 19.1. The van der Waals surface area contributed by atoms with Gasteiger partial charge in [0.25, 0.3) is 0 Å². The number of aliphatic hydroxyl groups is 1. The number of hydrogen-bond donors (Lipinski definition) is 2. The zero-order valence-electron chi connectivity index (χ0n) is 12.1. The van der Waals surface area contributed by atoms with Crippen LogP contribution in [0.5, 0.6) is 0 Å². The zero-order chi connectivity index (χ0) is 15.1. The van der Waals surface area contributed by atoms with Gasteiger partial charge in [-0.1, -0.05) is 19.1 Å². The summed E-state index contributed by atoms with van der Waals surface area (Å²) in [4.78, 5) is 11.4. The van der Waals surface area contributed by atoms with Crippen LogP contribution in [0.3, 0.4) is 0 Å². The molecule has 2 atom stereocenters. The number of aryl methyl sites for hydroxylation is 1. The van der Waals surface area contributed by atoms with Crippen molar-refractivity contribution in [3.63, 3.8) is 0 Å². The summed E-state index contributed by atoms with van der Waals surface area (Å²) in [5, 5.41) is 13.5. The van der Waals surface area contributed by atoms with E-state index in [1.807, 2.05) is 6.92 Å². The summed E-state index contributed by atoms with van der Waals surface area (Å²) < 4.78 is 17.9. The molecule has 0 fully saturated rings. The molecule has 0 aliphatic rings. The number of rotatable bonds is 7. The lowest BCUT2D eigenvalue weighted by molar-refractivity contribution is -0.142. The van der Waals surface area contributed by atoms with Crippen LogP contribution in [0.2, 0.25) is 0 Å². The second-order valence-electron chi connectivity index (χ2n) is 4.79.